The predicted molar refractivity (Wildman–Crippen MR) is 182 cm³/mol. The number of fused-ring (bicyclic) bond motifs is 1. The highest BCUT2D eigenvalue weighted by Gasteiger charge is 2.61. The van der Waals surface area contributed by atoms with Crippen molar-refractivity contribution in [2.75, 3.05) is 19.0 Å². The summed E-state index contributed by atoms with van der Waals surface area (Å²) >= 11 is 1.26. The van der Waals surface area contributed by atoms with Gasteiger partial charge in [-0.15, -0.1) is 17.9 Å². The monoisotopic (exact) mass is 678 g/mol. The van der Waals surface area contributed by atoms with Gasteiger partial charge in [-0.25, -0.2) is 14.8 Å². The minimum atomic E-state index is -1.46. The molecule has 1 aromatic carbocycles. The molecule has 0 bridgehead atoms. The number of likely N-dealkylation sites (tertiary alicyclic amines) is 1. The lowest BCUT2D eigenvalue weighted by atomic mass is 9.86. The number of benzene rings is 1. The average molecular weight is 679 g/mol. The molecule has 1 aliphatic heterocycles. The second-order valence-corrected chi connectivity index (χ2v) is 14.2. The molecule has 3 aromatic rings. The number of ether oxygens (including phenoxy) is 2. The van der Waals surface area contributed by atoms with Crippen LogP contribution < -0.4 is 25.8 Å². The first-order valence-corrected chi connectivity index (χ1v) is 16.7. The number of aromatic nitrogens is 2. The number of hydrogen-bond donors (Lipinski definition) is 4. The molecule has 5 N–H and O–H groups in total. The first-order valence-electron chi connectivity index (χ1n) is 15.8. The van der Waals surface area contributed by atoms with Crippen LogP contribution in [0.25, 0.3) is 22.3 Å². The van der Waals surface area contributed by atoms with Crippen LogP contribution in [0.5, 0.6) is 11.5 Å². The fraction of sp³-hybridized carbons (Fsp3) is 0.471. The molecule has 2 aromatic heterocycles. The van der Waals surface area contributed by atoms with Crippen LogP contribution in [0.2, 0.25) is 0 Å². The van der Waals surface area contributed by atoms with Gasteiger partial charge < -0.3 is 35.8 Å². The summed E-state index contributed by atoms with van der Waals surface area (Å²) in [4.78, 5) is 62.2. The number of rotatable bonds is 11. The molecule has 48 heavy (non-hydrogen) atoms. The van der Waals surface area contributed by atoms with Gasteiger partial charge in [0.25, 0.3) is 0 Å². The fourth-order valence-corrected chi connectivity index (χ4v) is 6.83. The highest BCUT2D eigenvalue weighted by molar-refractivity contribution is 7.14. The number of nitrogens with two attached hydrogens (primary N) is 1. The van der Waals surface area contributed by atoms with Gasteiger partial charge in [0.15, 0.2) is 5.13 Å². The van der Waals surface area contributed by atoms with E-state index < -0.39 is 52.8 Å². The van der Waals surface area contributed by atoms with Crippen molar-refractivity contribution in [3.8, 4) is 22.9 Å². The van der Waals surface area contributed by atoms with Crippen molar-refractivity contribution in [1.82, 2.24) is 20.2 Å². The number of carboxylic acid groups (broad SMARTS) is 1. The zero-order chi connectivity index (χ0) is 35.1. The van der Waals surface area contributed by atoms with E-state index in [2.05, 4.69) is 22.2 Å². The van der Waals surface area contributed by atoms with Crippen molar-refractivity contribution in [3.63, 3.8) is 0 Å². The van der Waals surface area contributed by atoms with Crippen molar-refractivity contribution in [3.05, 3.63) is 41.8 Å². The normalized spacial score (nSPS) is 22.6. The maximum absolute atomic E-state index is 13.8. The van der Waals surface area contributed by atoms with Crippen LogP contribution in [0.3, 0.4) is 0 Å². The Bertz CT molecular complexity index is 1790. The Morgan fingerprint density at radius 2 is 1.96 bits per heavy atom. The number of nitrogens with zero attached hydrogens (tertiary/aromatic N) is 3. The molecule has 3 amide bonds. The summed E-state index contributed by atoms with van der Waals surface area (Å²) in [6.45, 7) is 12.7. The maximum Gasteiger partial charge on any atom is 0.330 e. The van der Waals surface area contributed by atoms with Crippen LogP contribution in [-0.2, 0) is 25.6 Å². The average Bonchev–Trinajstić information content (AvgIpc) is 3.31. The molecular formula is C34H42N6O7S. The predicted octanol–water partition coefficient (Wildman–Crippen LogP) is 3.75. The van der Waals surface area contributed by atoms with E-state index in [0.29, 0.717) is 45.3 Å². The first kappa shape index (κ1) is 34.8. The van der Waals surface area contributed by atoms with Gasteiger partial charge in [0.1, 0.15) is 34.9 Å². The Morgan fingerprint density at radius 3 is 2.54 bits per heavy atom. The van der Waals surface area contributed by atoms with Crippen molar-refractivity contribution < 1.29 is 33.8 Å². The van der Waals surface area contributed by atoms with E-state index in [0.717, 1.165) is 5.56 Å². The van der Waals surface area contributed by atoms with Crippen LogP contribution in [0, 0.1) is 11.3 Å². The third-order valence-corrected chi connectivity index (χ3v) is 9.75. The molecule has 0 radical (unpaired) electrons. The number of hydrogen-bond acceptors (Lipinski definition) is 10. The Morgan fingerprint density at radius 1 is 1.23 bits per heavy atom. The van der Waals surface area contributed by atoms with Crippen LogP contribution in [0.1, 0.15) is 53.0 Å². The minimum Gasteiger partial charge on any atom is -0.496 e. The maximum atomic E-state index is 13.8. The largest absolute Gasteiger partial charge is 0.496 e. The number of carboxylic acids is 1. The van der Waals surface area contributed by atoms with Gasteiger partial charge in [0.2, 0.25) is 17.7 Å². The van der Waals surface area contributed by atoms with Crippen LogP contribution in [0.15, 0.2) is 36.2 Å². The van der Waals surface area contributed by atoms with Gasteiger partial charge in [-0.2, -0.15) is 0 Å². The van der Waals surface area contributed by atoms with E-state index in [1.165, 1.54) is 29.2 Å². The Labute approximate surface area is 282 Å². The van der Waals surface area contributed by atoms with Crippen LogP contribution >= 0.6 is 11.3 Å². The number of nitrogens with one attached hydrogen (secondary N) is 2. The summed E-state index contributed by atoms with van der Waals surface area (Å²) in [5.74, 6) is -1.72. The highest BCUT2D eigenvalue weighted by Crippen LogP contribution is 2.45. The van der Waals surface area contributed by atoms with E-state index in [9.17, 15) is 24.3 Å². The van der Waals surface area contributed by atoms with Crippen LogP contribution in [-0.4, -0.2) is 81.0 Å². The third-order valence-electron chi connectivity index (χ3n) is 9.00. The molecule has 1 aliphatic carbocycles. The number of carbonyl (C=O) groups is 4. The van der Waals surface area contributed by atoms with Crippen molar-refractivity contribution >= 4 is 51.1 Å². The number of amides is 3. The Balaban J connectivity index is 1.53. The van der Waals surface area contributed by atoms with Gasteiger partial charge in [-0.3, -0.25) is 14.4 Å². The number of pyridine rings is 1. The second kappa shape index (κ2) is 13.2. The number of thiazole rings is 1. The summed E-state index contributed by atoms with van der Waals surface area (Å²) in [6.07, 6.45) is 1.79. The van der Waals surface area contributed by atoms with E-state index in [4.69, 9.17) is 20.2 Å². The van der Waals surface area contributed by atoms with E-state index in [1.54, 1.807) is 18.6 Å². The van der Waals surface area contributed by atoms with Crippen molar-refractivity contribution in [2.24, 2.45) is 17.1 Å². The fourth-order valence-electron chi connectivity index (χ4n) is 6.08. The standard InChI is InChI=1S/C34H42N6O7S/c1-8-18-14-34(18,31(44)45)39-29(42)24-12-19(15-40(24)30(43)28(35)33(4,5)6)47-26-13-22(23-16-48-32(38-23)36-17(3)41)37-27-20(9-2)25(46-7)11-10-21(26)27/h8,10-11,13,16,18-19,24,28H,1,9,12,14-15,35H2,2-7H3,(H,39,42)(H,44,45)(H,36,38,41)/t18-,19-,24+,28-,34-/m1/s1. The van der Waals surface area contributed by atoms with Crippen LogP contribution in [0.4, 0.5) is 5.13 Å². The molecule has 0 spiro atoms. The van der Waals surface area contributed by atoms with Crippen molar-refractivity contribution in [2.45, 2.75) is 77.6 Å². The smallest absolute Gasteiger partial charge is 0.330 e. The quantitative estimate of drug-likeness (QED) is 0.218. The lowest BCUT2D eigenvalue weighted by molar-refractivity contribution is -0.146. The molecule has 3 heterocycles. The molecule has 1 saturated heterocycles. The third kappa shape index (κ3) is 6.59. The Kier molecular flexibility index (Phi) is 9.53. The van der Waals surface area contributed by atoms with Crippen molar-refractivity contribution in [1.29, 1.82) is 0 Å². The number of anilines is 1. The topological polar surface area (TPSA) is 186 Å². The highest BCUT2D eigenvalue weighted by atomic mass is 32.1. The molecule has 0 unspecified atom stereocenters. The summed E-state index contributed by atoms with van der Waals surface area (Å²) in [5.41, 5.74) is 6.85. The lowest BCUT2D eigenvalue weighted by Gasteiger charge is -2.32. The molecule has 2 fully saturated rings. The molecule has 14 heteroatoms. The summed E-state index contributed by atoms with van der Waals surface area (Å²) in [5, 5.41) is 18.2. The summed E-state index contributed by atoms with van der Waals surface area (Å²) < 4.78 is 12.3. The zero-order valence-corrected chi connectivity index (χ0v) is 28.8. The molecule has 13 nitrogen and oxygen atoms in total. The zero-order valence-electron chi connectivity index (χ0n) is 28.0. The molecule has 2 aliphatic rings. The number of methoxy groups -OCH3 is 1. The molecule has 1 saturated carbocycles. The molecule has 5 rings (SSSR count). The van der Waals surface area contributed by atoms with Gasteiger partial charge >= 0.3 is 5.97 Å². The van der Waals surface area contributed by atoms with Gasteiger partial charge in [0, 0.05) is 41.7 Å². The summed E-state index contributed by atoms with van der Waals surface area (Å²) in [6, 6.07) is 3.50. The number of aliphatic carboxylic acids is 1. The minimum absolute atomic E-state index is 0.0466. The first-order chi connectivity index (χ1) is 22.6. The molecule has 256 valence electrons. The van der Waals surface area contributed by atoms with E-state index >= 15 is 0 Å². The second-order valence-electron chi connectivity index (χ2n) is 13.4. The molecular weight excluding hydrogens is 636 g/mol. The summed E-state index contributed by atoms with van der Waals surface area (Å²) in [7, 11) is 1.59. The SMILES string of the molecule is C=C[C@@H]1C[C@]1(NC(=O)[C@@H]1C[C@@H](Oc2cc(-c3csc(NC(C)=O)n3)nc3c(CC)c(OC)ccc23)CN1C(=O)[C@@H](N)C(C)(C)C)C(=O)O. The number of carbonyl (C=O) groups excluding carboxylic acids is 3. The van der Waals surface area contributed by atoms with E-state index in [1.807, 2.05) is 39.8 Å². The van der Waals surface area contributed by atoms with Gasteiger partial charge in [0.05, 0.1) is 30.9 Å². The number of aryl methyl sites for hydroxylation is 1. The van der Waals surface area contributed by atoms with E-state index in [-0.39, 0.29) is 25.3 Å². The van der Waals surface area contributed by atoms with Gasteiger partial charge in [-0.05, 0) is 30.4 Å². The molecule has 5 atom stereocenters. The Hall–Kier alpha value is -4.56. The lowest BCUT2D eigenvalue weighted by Crippen LogP contribution is -2.57. The van der Waals surface area contributed by atoms with Gasteiger partial charge in [-0.1, -0.05) is 33.8 Å².